The van der Waals surface area contributed by atoms with Gasteiger partial charge in [-0.2, -0.15) is 15.3 Å². The van der Waals surface area contributed by atoms with Crippen molar-refractivity contribution in [3.8, 4) is 0 Å². The first-order valence-corrected chi connectivity index (χ1v) is 5.76. The summed E-state index contributed by atoms with van der Waals surface area (Å²) in [5, 5.41) is 12.0. The zero-order valence-electron chi connectivity index (χ0n) is 10.2. The number of aryl methyl sites for hydroxylation is 2. The predicted molar refractivity (Wildman–Crippen MR) is 65.3 cm³/mol. The minimum absolute atomic E-state index is 0.0631. The average molecular weight is 231 g/mol. The third-order valence-corrected chi connectivity index (χ3v) is 2.75. The zero-order chi connectivity index (χ0) is 12.3. The molecule has 2 N–H and O–H groups in total. The standard InChI is InChI=1S/C12H17N5/c1-3-17-11(6-9(2)16-17)7-12(13)10-4-5-14-15-8-10/h4-6,8,12H,3,7,13H2,1-2H3. The van der Waals surface area contributed by atoms with Gasteiger partial charge in [-0.1, -0.05) is 0 Å². The number of hydrogen-bond donors (Lipinski definition) is 1. The van der Waals surface area contributed by atoms with Crippen molar-refractivity contribution in [3.05, 3.63) is 41.5 Å². The second-order valence-electron chi connectivity index (χ2n) is 4.08. The van der Waals surface area contributed by atoms with Gasteiger partial charge in [0.15, 0.2) is 0 Å². The molecule has 2 rings (SSSR count). The van der Waals surface area contributed by atoms with E-state index in [1.807, 2.05) is 17.7 Å². The van der Waals surface area contributed by atoms with Crippen molar-refractivity contribution in [1.29, 1.82) is 0 Å². The fourth-order valence-corrected chi connectivity index (χ4v) is 1.90. The largest absolute Gasteiger partial charge is 0.324 e. The molecule has 2 aromatic rings. The summed E-state index contributed by atoms with van der Waals surface area (Å²) in [5.41, 5.74) is 9.34. The summed E-state index contributed by atoms with van der Waals surface area (Å²) in [6.45, 7) is 4.94. The van der Waals surface area contributed by atoms with E-state index in [-0.39, 0.29) is 6.04 Å². The topological polar surface area (TPSA) is 69.6 Å². The third kappa shape index (κ3) is 2.68. The molecule has 0 aromatic carbocycles. The molecule has 0 aliphatic rings. The molecule has 0 spiro atoms. The molecule has 0 bridgehead atoms. The van der Waals surface area contributed by atoms with Crippen LogP contribution in [0.3, 0.4) is 0 Å². The highest BCUT2D eigenvalue weighted by molar-refractivity contribution is 5.17. The summed E-state index contributed by atoms with van der Waals surface area (Å²) in [6, 6.07) is 3.92. The van der Waals surface area contributed by atoms with Gasteiger partial charge in [0.2, 0.25) is 0 Å². The number of nitrogens with zero attached hydrogens (tertiary/aromatic N) is 4. The second-order valence-corrected chi connectivity index (χ2v) is 4.08. The van der Waals surface area contributed by atoms with Crippen LogP contribution in [0.25, 0.3) is 0 Å². The SMILES string of the molecule is CCn1nc(C)cc1CC(N)c1ccnnc1. The normalized spacial score (nSPS) is 12.6. The van der Waals surface area contributed by atoms with Crippen molar-refractivity contribution in [2.45, 2.75) is 32.9 Å². The van der Waals surface area contributed by atoms with Crippen LogP contribution in [0.5, 0.6) is 0 Å². The Kier molecular flexibility index (Phi) is 3.49. The molecule has 0 aliphatic heterocycles. The van der Waals surface area contributed by atoms with Gasteiger partial charge < -0.3 is 5.73 Å². The monoisotopic (exact) mass is 231 g/mol. The smallest absolute Gasteiger partial charge is 0.0596 e. The van der Waals surface area contributed by atoms with Gasteiger partial charge in [-0.05, 0) is 31.5 Å². The summed E-state index contributed by atoms with van der Waals surface area (Å²) in [5.74, 6) is 0. The Morgan fingerprint density at radius 3 is 2.88 bits per heavy atom. The fourth-order valence-electron chi connectivity index (χ4n) is 1.90. The van der Waals surface area contributed by atoms with Crippen LogP contribution in [0.15, 0.2) is 24.5 Å². The second kappa shape index (κ2) is 5.05. The van der Waals surface area contributed by atoms with Crippen molar-refractivity contribution >= 4 is 0 Å². The van der Waals surface area contributed by atoms with E-state index < -0.39 is 0 Å². The quantitative estimate of drug-likeness (QED) is 0.859. The van der Waals surface area contributed by atoms with Crippen molar-refractivity contribution in [1.82, 2.24) is 20.0 Å². The average Bonchev–Trinajstić information content (AvgIpc) is 2.70. The van der Waals surface area contributed by atoms with Gasteiger partial charge in [0, 0.05) is 30.9 Å². The lowest BCUT2D eigenvalue weighted by Crippen LogP contribution is -2.16. The van der Waals surface area contributed by atoms with Crippen molar-refractivity contribution in [3.63, 3.8) is 0 Å². The van der Waals surface area contributed by atoms with Crippen LogP contribution in [0.2, 0.25) is 0 Å². The Hall–Kier alpha value is -1.75. The summed E-state index contributed by atoms with van der Waals surface area (Å²) >= 11 is 0. The van der Waals surface area contributed by atoms with Crippen LogP contribution in [-0.4, -0.2) is 20.0 Å². The van der Waals surface area contributed by atoms with Gasteiger partial charge in [0.1, 0.15) is 0 Å². The zero-order valence-corrected chi connectivity index (χ0v) is 10.2. The van der Waals surface area contributed by atoms with Gasteiger partial charge in [0.25, 0.3) is 0 Å². The van der Waals surface area contributed by atoms with Crippen LogP contribution in [0.4, 0.5) is 0 Å². The molecule has 0 amide bonds. The van der Waals surface area contributed by atoms with E-state index in [1.54, 1.807) is 12.4 Å². The van der Waals surface area contributed by atoms with Crippen LogP contribution in [0.1, 0.15) is 29.9 Å². The van der Waals surface area contributed by atoms with Gasteiger partial charge in [-0.25, -0.2) is 0 Å². The summed E-state index contributed by atoms with van der Waals surface area (Å²) in [6.07, 6.45) is 4.14. The van der Waals surface area contributed by atoms with Gasteiger partial charge >= 0.3 is 0 Å². The van der Waals surface area contributed by atoms with E-state index in [0.29, 0.717) is 0 Å². The molecule has 1 unspecified atom stereocenters. The maximum atomic E-state index is 6.15. The lowest BCUT2D eigenvalue weighted by molar-refractivity contribution is 0.586. The van der Waals surface area contributed by atoms with E-state index in [9.17, 15) is 0 Å². The lowest BCUT2D eigenvalue weighted by Gasteiger charge is -2.11. The first kappa shape index (κ1) is 11.7. The summed E-state index contributed by atoms with van der Waals surface area (Å²) < 4.78 is 1.99. The van der Waals surface area contributed by atoms with E-state index >= 15 is 0 Å². The predicted octanol–water partition coefficient (Wildman–Crippen LogP) is 1.24. The molecular weight excluding hydrogens is 214 g/mol. The Balaban J connectivity index is 2.15. The molecule has 1 atom stereocenters. The first-order chi connectivity index (χ1) is 8.20. The molecule has 0 radical (unpaired) electrons. The minimum Gasteiger partial charge on any atom is -0.324 e. The molecule has 17 heavy (non-hydrogen) atoms. The van der Waals surface area contributed by atoms with Crippen LogP contribution >= 0.6 is 0 Å². The van der Waals surface area contributed by atoms with Crippen LogP contribution < -0.4 is 5.73 Å². The molecule has 5 heteroatoms. The molecule has 0 saturated heterocycles. The van der Waals surface area contributed by atoms with Crippen molar-refractivity contribution < 1.29 is 0 Å². The molecule has 0 fully saturated rings. The summed E-state index contributed by atoms with van der Waals surface area (Å²) in [7, 11) is 0. The maximum Gasteiger partial charge on any atom is 0.0596 e. The summed E-state index contributed by atoms with van der Waals surface area (Å²) in [4.78, 5) is 0. The molecule has 5 nitrogen and oxygen atoms in total. The fraction of sp³-hybridized carbons (Fsp3) is 0.417. The molecule has 2 aromatic heterocycles. The van der Waals surface area contributed by atoms with Crippen molar-refractivity contribution in [2.75, 3.05) is 0 Å². The van der Waals surface area contributed by atoms with Crippen LogP contribution in [-0.2, 0) is 13.0 Å². The highest BCUT2D eigenvalue weighted by atomic mass is 15.3. The Morgan fingerprint density at radius 2 is 2.24 bits per heavy atom. The highest BCUT2D eigenvalue weighted by Crippen LogP contribution is 2.15. The number of nitrogens with two attached hydrogens (primary N) is 1. The highest BCUT2D eigenvalue weighted by Gasteiger charge is 2.11. The maximum absolute atomic E-state index is 6.15. The Morgan fingerprint density at radius 1 is 1.41 bits per heavy atom. The van der Waals surface area contributed by atoms with E-state index in [0.717, 1.165) is 29.9 Å². The van der Waals surface area contributed by atoms with Crippen molar-refractivity contribution in [2.24, 2.45) is 5.73 Å². The van der Waals surface area contributed by atoms with Crippen LogP contribution in [0, 0.1) is 6.92 Å². The van der Waals surface area contributed by atoms with Gasteiger partial charge in [-0.15, -0.1) is 0 Å². The van der Waals surface area contributed by atoms with E-state index in [1.165, 1.54) is 0 Å². The minimum atomic E-state index is -0.0631. The van der Waals surface area contributed by atoms with E-state index in [4.69, 9.17) is 5.73 Å². The lowest BCUT2D eigenvalue weighted by atomic mass is 10.1. The number of rotatable bonds is 4. The molecule has 0 aliphatic carbocycles. The van der Waals surface area contributed by atoms with Gasteiger partial charge in [0.05, 0.1) is 11.9 Å². The Bertz CT molecular complexity index is 477. The molecular formula is C12H17N5. The first-order valence-electron chi connectivity index (χ1n) is 5.76. The molecule has 90 valence electrons. The van der Waals surface area contributed by atoms with E-state index in [2.05, 4.69) is 28.3 Å². The third-order valence-electron chi connectivity index (χ3n) is 2.75. The Labute approximate surface area is 101 Å². The molecule has 2 heterocycles. The number of hydrogen-bond acceptors (Lipinski definition) is 4. The van der Waals surface area contributed by atoms with Gasteiger partial charge in [-0.3, -0.25) is 4.68 Å². The number of aromatic nitrogens is 4. The molecule has 0 saturated carbocycles.